The molecule has 60 valence electrons. The molecule has 1 amide bonds. The first kappa shape index (κ1) is 7.86. The highest BCUT2D eigenvalue weighted by molar-refractivity contribution is 5.64. The van der Waals surface area contributed by atoms with Gasteiger partial charge in [0.15, 0.2) is 0 Å². The lowest BCUT2D eigenvalue weighted by Crippen LogP contribution is -2.31. The molecule has 0 aromatic heterocycles. The van der Waals surface area contributed by atoms with Crippen molar-refractivity contribution in [3.8, 4) is 6.07 Å². The summed E-state index contributed by atoms with van der Waals surface area (Å²) in [6, 6.07) is 2.13. The molecule has 0 spiro atoms. The zero-order valence-corrected chi connectivity index (χ0v) is 6.08. The first-order chi connectivity index (χ1) is 5.22. The fraction of sp³-hybridized carbons (Fsp3) is 0.714. The van der Waals surface area contributed by atoms with E-state index in [1.165, 1.54) is 0 Å². The fourth-order valence-electron chi connectivity index (χ4n) is 1.40. The molecule has 0 bridgehead atoms. The van der Waals surface area contributed by atoms with Gasteiger partial charge in [-0.2, -0.15) is 5.26 Å². The maximum Gasteiger partial charge on any atom is 0.404 e. The van der Waals surface area contributed by atoms with Crippen LogP contribution in [0.3, 0.4) is 0 Å². The van der Waals surface area contributed by atoms with Gasteiger partial charge in [0.2, 0.25) is 0 Å². The average Bonchev–Trinajstić information content (AvgIpc) is 2.34. The van der Waals surface area contributed by atoms with Crippen LogP contribution in [0.2, 0.25) is 0 Å². The van der Waals surface area contributed by atoms with Crippen molar-refractivity contribution in [3.63, 3.8) is 0 Å². The lowest BCUT2D eigenvalue weighted by atomic mass is 10.1. The Balaban J connectivity index is 2.31. The van der Waals surface area contributed by atoms with E-state index in [9.17, 15) is 4.79 Å². The molecule has 0 saturated heterocycles. The summed E-state index contributed by atoms with van der Waals surface area (Å²) >= 11 is 0. The molecule has 0 heterocycles. The Labute approximate surface area is 64.8 Å². The van der Waals surface area contributed by atoms with Crippen LogP contribution in [0.5, 0.6) is 0 Å². The van der Waals surface area contributed by atoms with Crippen molar-refractivity contribution < 1.29 is 9.90 Å². The number of rotatable bonds is 1. The van der Waals surface area contributed by atoms with E-state index in [0.29, 0.717) is 6.42 Å². The number of nitrogens with one attached hydrogen (secondary N) is 1. The first-order valence-corrected chi connectivity index (χ1v) is 3.61. The molecule has 1 fully saturated rings. The van der Waals surface area contributed by atoms with Gasteiger partial charge in [0.25, 0.3) is 0 Å². The van der Waals surface area contributed by atoms with Crippen molar-refractivity contribution in [2.75, 3.05) is 0 Å². The summed E-state index contributed by atoms with van der Waals surface area (Å²) in [6.07, 6.45) is 1.29. The second-order valence-electron chi connectivity index (χ2n) is 2.79. The number of nitriles is 1. The standard InChI is InChI=1S/C7H10N2O2/c8-4-5-1-2-6(3-5)9-7(10)11/h5-6,9H,1-3H2,(H,10,11)/t5-,6-/m0/s1. The van der Waals surface area contributed by atoms with Crippen LogP contribution in [-0.2, 0) is 0 Å². The van der Waals surface area contributed by atoms with Crippen molar-refractivity contribution in [2.24, 2.45) is 5.92 Å². The predicted molar refractivity (Wildman–Crippen MR) is 37.9 cm³/mol. The number of amides is 1. The fourth-order valence-corrected chi connectivity index (χ4v) is 1.40. The molecule has 0 aromatic rings. The molecule has 4 nitrogen and oxygen atoms in total. The van der Waals surface area contributed by atoms with E-state index in [0.717, 1.165) is 12.8 Å². The first-order valence-electron chi connectivity index (χ1n) is 3.61. The molecular weight excluding hydrogens is 144 g/mol. The van der Waals surface area contributed by atoms with Crippen LogP contribution in [0, 0.1) is 17.2 Å². The van der Waals surface area contributed by atoms with Gasteiger partial charge in [-0.1, -0.05) is 0 Å². The Morgan fingerprint density at radius 2 is 2.36 bits per heavy atom. The molecule has 2 N–H and O–H groups in total. The molecule has 2 atom stereocenters. The van der Waals surface area contributed by atoms with Gasteiger partial charge in [-0.25, -0.2) is 4.79 Å². The quantitative estimate of drug-likeness (QED) is 0.590. The van der Waals surface area contributed by atoms with Gasteiger partial charge in [0, 0.05) is 12.0 Å². The minimum atomic E-state index is -0.992. The second kappa shape index (κ2) is 3.24. The smallest absolute Gasteiger partial charge is 0.404 e. The highest BCUT2D eigenvalue weighted by Crippen LogP contribution is 2.24. The number of carbonyl (C=O) groups is 1. The zero-order chi connectivity index (χ0) is 8.27. The van der Waals surface area contributed by atoms with Gasteiger partial charge < -0.3 is 10.4 Å². The molecule has 1 rings (SSSR count). The largest absolute Gasteiger partial charge is 0.465 e. The van der Waals surface area contributed by atoms with Crippen molar-refractivity contribution in [2.45, 2.75) is 25.3 Å². The Morgan fingerprint density at radius 3 is 2.82 bits per heavy atom. The van der Waals surface area contributed by atoms with Crippen LogP contribution in [-0.4, -0.2) is 17.2 Å². The molecular formula is C7H10N2O2. The summed E-state index contributed by atoms with van der Waals surface area (Å²) in [5, 5.41) is 19.2. The van der Waals surface area contributed by atoms with E-state index < -0.39 is 6.09 Å². The number of hydrogen-bond donors (Lipinski definition) is 2. The highest BCUT2D eigenvalue weighted by atomic mass is 16.4. The normalized spacial score (nSPS) is 29.4. The van der Waals surface area contributed by atoms with Crippen molar-refractivity contribution in [1.29, 1.82) is 5.26 Å². The summed E-state index contributed by atoms with van der Waals surface area (Å²) < 4.78 is 0. The summed E-state index contributed by atoms with van der Waals surface area (Å²) in [6.45, 7) is 0. The van der Waals surface area contributed by atoms with E-state index in [-0.39, 0.29) is 12.0 Å². The summed E-state index contributed by atoms with van der Waals surface area (Å²) in [4.78, 5) is 10.2. The molecule has 11 heavy (non-hydrogen) atoms. The Hall–Kier alpha value is -1.24. The molecule has 0 aliphatic heterocycles. The lowest BCUT2D eigenvalue weighted by Gasteiger charge is -2.06. The predicted octanol–water partition coefficient (Wildman–Crippen LogP) is 0.946. The van der Waals surface area contributed by atoms with Crippen molar-refractivity contribution in [3.05, 3.63) is 0 Å². The molecule has 1 saturated carbocycles. The Bertz CT molecular complexity index is 197. The third-order valence-electron chi connectivity index (χ3n) is 1.94. The van der Waals surface area contributed by atoms with E-state index >= 15 is 0 Å². The maximum atomic E-state index is 10.2. The zero-order valence-electron chi connectivity index (χ0n) is 6.08. The SMILES string of the molecule is N#C[C@H]1CC[C@H](NC(=O)O)C1. The van der Waals surface area contributed by atoms with Crippen molar-refractivity contribution in [1.82, 2.24) is 5.32 Å². The van der Waals surface area contributed by atoms with E-state index in [1.54, 1.807) is 0 Å². The number of hydrogen-bond acceptors (Lipinski definition) is 2. The molecule has 4 heteroatoms. The van der Waals surface area contributed by atoms with Crippen LogP contribution < -0.4 is 5.32 Å². The third kappa shape index (κ3) is 2.11. The van der Waals surface area contributed by atoms with Gasteiger partial charge in [-0.15, -0.1) is 0 Å². The topological polar surface area (TPSA) is 73.1 Å². The lowest BCUT2D eigenvalue weighted by molar-refractivity contribution is 0.190. The van der Waals surface area contributed by atoms with Crippen LogP contribution >= 0.6 is 0 Å². The van der Waals surface area contributed by atoms with Gasteiger partial charge in [0.1, 0.15) is 0 Å². The van der Waals surface area contributed by atoms with Crippen molar-refractivity contribution >= 4 is 6.09 Å². The Morgan fingerprint density at radius 1 is 1.64 bits per heavy atom. The van der Waals surface area contributed by atoms with E-state index in [1.807, 2.05) is 0 Å². The molecule has 1 aliphatic carbocycles. The highest BCUT2D eigenvalue weighted by Gasteiger charge is 2.25. The minimum absolute atomic E-state index is 0.00264. The Kier molecular flexibility index (Phi) is 2.32. The van der Waals surface area contributed by atoms with Crippen LogP contribution in [0.25, 0.3) is 0 Å². The monoisotopic (exact) mass is 154 g/mol. The molecule has 0 unspecified atom stereocenters. The van der Waals surface area contributed by atoms with Gasteiger partial charge in [-0.3, -0.25) is 0 Å². The van der Waals surface area contributed by atoms with Crippen LogP contribution in [0.1, 0.15) is 19.3 Å². The number of nitrogens with zero attached hydrogens (tertiary/aromatic N) is 1. The summed E-state index contributed by atoms with van der Waals surface area (Å²) in [5.74, 6) is 0.0480. The summed E-state index contributed by atoms with van der Waals surface area (Å²) in [7, 11) is 0. The van der Waals surface area contributed by atoms with Gasteiger partial charge in [0.05, 0.1) is 6.07 Å². The maximum absolute atomic E-state index is 10.2. The second-order valence-corrected chi connectivity index (χ2v) is 2.79. The molecule has 1 aliphatic rings. The van der Waals surface area contributed by atoms with Crippen LogP contribution in [0.15, 0.2) is 0 Å². The summed E-state index contributed by atoms with van der Waals surface area (Å²) in [5.41, 5.74) is 0. The van der Waals surface area contributed by atoms with Crippen LogP contribution in [0.4, 0.5) is 4.79 Å². The third-order valence-corrected chi connectivity index (χ3v) is 1.94. The van der Waals surface area contributed by atoms with E-state index in [2.05, 4.69) is 11.4 Å². The average molecular weight is 154 g/mol. The molecule has 0 aromatic carbocycles. The van der Waals surface area contributed by atoms with Gasteiger partial charge >= 0.3 is 6.09 Å². The number of carboxylic acid groups (broad SMARTS) is 1. The van der Waals surface area contributed by atoms with E-state index in [4.69, 9.17) is 10.4 Å². The minimum Gasteiger partial charge on any atom is -0.465 e. The van der Waals surface area contributed by atoms with Gasteiger partial charge in [-0.05, 0) is 19.3 Å². The molecule has 0 radical (unpaired) electrons.